The van der Waals surface area contributed by atoms with Crippen LogP contribution in [0.15, 0.2) is 30.5 Å². The summed E-state index contributed by atoms with van der Waals surface area (Å²) >= 11 is 0. The van der Waals surface area contributed by atoms with E-state index in [1.165, 1.54) is 0 Å². The van der Waals surface area contributed by atoms with Crippen LogP contribution in [0.3, 0.4) is 0 Å². The number of ketones is 1. The maximum atomic E-state index is 12.6. The molecule has 29 heavy (non-hydrogen) atoms. The number of H-pyrrole nitrogens is 1. The van der Waals surface area contributed by atoms with Gasteiger partial charge in [0.15, 0.2) is 0 Å². The van der Waals surface area contributed by atoms with Gasteiger partial charge in [0.25, 0.3) is 0 Å². The summed E-state index contributed by atoms with van der Waals surface area (Å²) in [6, 6.07) is 8.58. The fourth-order valence-electron chi connectivity index (χ4n) is 4.87. The summed E-state index contributed by atoms with van der Waals surface area (Å²) in [5, 5.41) is 0.909. The molecule has 5 atom stereocenters. The van der Waals surface area contributed by atoms with Crippen molar-refractivity contribution < 1.29 is 31.8 Å². The zero-order valence-corrected chi connectivity index (χ0v) is 16.3. The number of hydrogen-bond donors (Lipinski definition) is 3. The minimum Gasteiger partial charge on any atom is -0.459 e. The summed E-state index contributed by atoms with van der Waals surface area (Å²) < 4.78 is 37.4. The number of carbonyl (C=O) groups is 2. The fraction of sp³-hybridized carbons (Fsp3) is 0.474. The fourth-order valence-corrected chi connectivity index (χ4v) is 4.87. The molecule has 5 heterocycles. The number of benzene rings is 1. The maximum Gasteiger partial charge on any atom is 0.394 e. The summed E-state index contributed by atoms with van der Waals surface area (Å²) in [6.07, 6.45) is 5.29. The van der Waals surface area contributed by atoms with Crippen molar-refractivity contribution in [2.24, 2.45) is 5.92 Å². The van der Waals surface area contributed by atoms with Crippen molar-refractivity contribution in [2.45, 2.75) is 43.9 Å². The normalized spacial score (nSPS) is 30.6. The van der Waals surface area contributed by atoms with Crippen LogP contribution in [0.1, 0.15) is 36.0 Å². The molecule has 4 saturated heterocycles. The molecule has 6 rings (SSSR count). The number of carbonyl (C=O) groups excluding carboxylic acids is 2. The predicted octanol–water partition coefficient (Wildman–Crippen LogP) is 1.87. The van der Waals surface area contributed by atoms with Gasteiger partial charge in [-0.3, -0.25) is 18.8 Å². The van der Waals surface area contributed by atoms with Crippen LogP contribution in [0.2, 0.25) is 0 Å². The third kappa shape index (κ3) is 4.35. The van der Waals surface area contributed by atoms with E-state index in [0.29, 0.717) is 30.0 Å². The standard InChI is InChI=1S/C19H20N2O3.H2O4S/c22-18-10-21-12-5-11(18)6-13(21)8-14(7-12)24-19(23)16-9-20-17-4-2-1-3-15(16)17;1-5(2,3)4/h1-4,9,11-14,20H,5-8,10H2;(H2,1,2,3,4)/t11-,12+,13-,14-;. The molecule has 156 valence electrons. The minimum atomic E-state index is -4.67. The van der Waals surface area contributed by atoms with Crippen molar-refractivity contribution in [1.82, 2.24) is 9.88 Å². The zero-order valence-electron chi connectivity index (χ0n) is 15.5. The van der Waals surface area contributed by atoms with Gasteiger partial charge in [0.05, 0.1) is 12.1 Å². The Morgan fingerprint density at radius 3 is 2.34 bits per heavy atom. The Labute approximate surface area is 167 Å². The molecule has 0 spiro atoms. The molecule has 0 amide bonds. The lowest BCUT2D eigenvalue weighted by Crippen LogP contribution is -2.63. The van der Waals surface area contributed by atoms with Crippen LogP contribution in [-0.4, -0.2) is 63.9 Å². The first-order valence-corrected chi connectivity index (χ1v) is 10.8. The molecule has 4 aliphatic heterocycles. The smallest absolute Gasteiger partial charge is 0.394 e. The number of nitrogens with zero attached hydrogens (tertiary/aromatic N) is 1. The molecule has 0 aliphatic carbocycles. The molecule has 3 N–H and O–H groups in total. The molecule has 10 heteroatoms. The van der Waals surface area contributed by atoms with E-state index >= 15 is 0 Å². The third-order valence-electron chi connectivity index (χ3n) is 6.00. The predicted molar refractivity (Wildman–Crippen MR) is 103 cm³/mol. The SMILES string of the molecule is O=C(O[C@@H]1C[C@@H]2C[C@@H]3C[C@H](C1)N2CC3=O)c1c[nH]c2ccccc12.O=S(=O)(O)O. The van der Waals surface area contributed by atoms with E-state index in [-0.39, 0.29) is 18.0 Å². The van der Waals surface area contributed by atoms with Crippen LogP contribution in [0.5, 0.6) is 0 Å². The van der Waals surface area contributed by atoms with E-state index in [1.54, 1.807) is 6.20 Å². The van der Waals surface area contributed by atoms with Gasteiger partial charge in [-0.2, -0.15) is 8.42 Å². The molecule has 9 nitrogen and oxygen atoms in total. The van der Waals surface area contributed by atoms with Crippen molar-refractivity contribution in [3.05, 3.63) is 36.0 Å². The van der Waals surface area contributed by atoms with Crippen molar-refractivity contribution >= 4 is 33.1 Å². The van der Waals surface area contributed by atoms with Crippen molar-refractivity contribution in [3.8, 4) is 0 Å². The number of para-hydroxylation sites is 1. The van der Waals surface area contributed by atoms with E-state index in [9.17, 15) is 9.59 Å². The van der Waals surface area contributed by atoms with Crippen LogP contribution in [-0.2, 0) is 19.9 Å². The second-order valence-electron chi connectivity index (χ2n) is 7.81. The van der Waals surface area contributed by atoms with E-state index in [2.05, 4.69) is 9.88 Å². The molecule has 2 aromatic rings. The molecule has 1 aromatic heterocycles. The molecule has 0 radical (unpaired) electrons. The lowest BCUT2D eigenvalue weighted by atomic mass is 9.72. The van der Waals surface area contributed by atoms with Gasteiger partial charge in [-0.25, -0.2) is 4.79 Å². The highest BCUT2D eigenvalue weighted by Crippen LogP contribution is 2.42. The largest absolute Gasteiger partial charge is 0.459 e. The number of fused-ring (bicyclic) bond motifs is 2. The van der Waals surface area contributed by atoms with Crippen molar-refractivity contribution in [3.63, 3.8) is 0 Å². The Balaban J connectivity index is 0.000000369. The van der Waals surface area contributed by atoms with Gasteiger partial charge in [-0.1, -0.05) is 18.2 Å². The van der Waals surface area contributed by atoms with Crippen molar-refractivity contribution in [2.75, 3.05) is 6.54 Å². The molecule has 1 aromatic carbocycles. The number of nitrogens with one attached hydrogen (secondary N) is 1. The van der Waals surface area contributed by atoms with E-state index < -0.39 is 10.4 Å². The van der Waals surface area contributed by atoms with Crippen LogP contribution >= 0.6 is 0 Å². The highest BCUT2D eigenvalue weighted by atomic mass is 32.3. The highest BCUT2D eigenvalue weighted by Gasteiger charge is 2.49. The van der Waals surface area contributed by atoms with Gasteiger partial charge in [0.1, 0.15) is 11.9 Å². The molecule has 4 bridgehead atoms. The summed E-state index contributed by atoms with van der Waals surface area (Å²) in [5.74, 6) is 0.403. The number of rotatable bonds is 2. The number of aromatic nitrogens is 1. The first-order valence-electron chi connectivity index (χ1n) is 9.44. The van der Waals surface area contributed by atoms with Gasteiger partial charge >= 0.3 is 16.4 Å². The Hall–Kier alpha value is -2.27. The van der Waals surface area contributed by atoms with Gasteiger partial charge in [0, 0.05) is 47.9 Å². The maximum absolute atomic E-state index is 12.6. The molecule has 4 aliphatic rings. The summed E-state index contributed by atoms with van der Waals surface area (Å²) in [4.78, 5) is 30.0. The number of piperidine rings is 4. The van der Waals surface area contributed by atoms with E-state index in [4.69, 9.17) is 22.3 Å². The van der Waals surface area contributed by atoms with Gasteiger partial charge in [0.2, 0.25) is 0 Å². The lowest BCUT2D eigenvalue weighted by molar-refractivity contribution is -0.145. The Morgan fingerprint density at radius 1 is 1.10 bits per heavy atom. The number of Topliss-reactive ketones (excluding diaryl/α,β-unsaturated/α-hetero) is 1. The van der Waals surface area contributed by atoms with Crippen LogP contribution in [0, 0.1) is 5.92 Å². The van der Waals surface area contributed by atoms with Gasteiger partial charge in [-0.05, 0) is 18.9 Å². The molecular formula is C19H22N2O7S. The Kier molecular flexibility index (Phi) is 5.19. The van der Waals surface area contributed by atoms with Gasteiger partial charge < -0.3 is 9.72 Å². The number of hydrogen-bond acceptors (Lipinski definition) is 6. The molecule has 4 fully saturated rings. The summed E-state index contributed by atoms with van der Waals surface area (Å²) in [7, 11) is -4.67. The molecule has 1 unspecified atom stereocenters. The zero-order chi connectivity index (χ0) is 20.8. The number of aromatic amines is 1. The van der Waals surface area contributed by atoms with Gasteiger partial charge in [-0.15, -0.1) is 0 Å². The Bertz CT molecular complexity index is 1020. The Morgan fingerprint density at radius 2 is 1.72 bits per heavy atom. The summed E-state index contributed by atoms with van der Waals surface area (Å²) in [5.41, 5.74) is 1.56. The van der Waals surface area contributed by atoms with Crippen LogP contribution in [0.4, 0.5) is 0 Å². The lowest BCUT2D eigenvalue weighted by Gasteiger charge is -2.54. The number of ether oxygens (including phenoxy) is 1. The minimum absolute atomic E-state index is 0.0356. The first kappa shape index (κ1) is 20.0. The second-order valence-corrected chi connectivity index (χ2v) is 8.70. The average molecular weight is 422 g/mol. The van der Waals surface area contributed by atoms with Crippen LogP contribution in [0.25, 0.3) is 10.9 Å². The first-order chi connectivity index (χ1) is 13.7. The monoisotopic (exact) mass is 422 g/mol. The third-order valence-corrected chi connectivity index (χ3v) is 6.00. The molecular weight excluding hydrogens is 400 g/mol. The van der Waals surface area contributed by atoms with Crippen LogP contribution < -0.4 is 0 Å². The van der Waals surface area contributed by atoms with Crippen molar-refractivity contribution in [1.29, 1.82) is 0 Å². The summed E-state index contributed by atoms with van der Waals surface area (Å²) in [6.45, 7) is 0.600. The average Bonchev–Trinajstić information content (AvgIpc) is 3.04. The van der Waals surface area contributed by atoms with E-state index in [0.717, 1.165) is 36.6 Å². The topological polar surface area (TPSA) is 137 Å². The number of esters is 1. The highest BCUT2D eigenvalue weighted by molar-refractivity contribution is 7.79. The van der Waals surface area contributed by atoms with E-state index in [1.807, 2.05) is 24.3 Å². The second kappa shape index (κ2) is 7.52. The molecule has 0 saturated carbocycles. The quantitative estimate of drug-likeness (QED) is 0.493.